The average Bonchev–Trinajstić information content (AvgIpc) is 2.43. The molecule has 0 N–H and O–H groups in total. The summed E-state index contributed by atoms with van der Waals surface area (Å²) in [7, 11) is 0. The quantitative estimate of drug-likeness (QED) is 0.741. The SMILES string of the molecule is CC1=CC(=O)N(c2ccc(C)cc2Br)C1=O. The summed E-state index contributed by atoms with van der Waals surface area (Å²) in [6.07, 6.45) is 1.36. The van der Waals surface area contributed by atoms with Crippen LogP contribution in [0.15, 0.2) is 34.3 Å². The van der Waals surface area contributed by atoms with Crippen molar-refractivity contribution in [1.82, 2.24) is 0 Å². The van der Waals surface area contributed by atoms with Gasteiger partial charge in [0.1, 0.15) is 0 Å². The van der Waals surface area contributed by atoms with Crippen LogP contribution in [-0.2, 0) is 9.59 Å². The van der Waals surface area contributed by atoms with Gasteiger partial charge in [0.25, 0.3) is 11.8 Å². The zero-order valence-corrected chi connectivity index (χ0v) is 10.5. The Morgan fingerprint density at radius 3 is 2.38 bits per heavy atom. The maximum atomic E-state index is 11.8. The second-order valence-electron chi connectivity index (χ2n) is 3.76. The Morgan fingerprint density at radius 1 is 1.19 bits per heavy atom. The lowest BCUT2D eigenvalue weighted by atomic mass is 10.2. The molecule has 0 saturated heterocycles. The van der Waals surface area contributed by atoms with E-state index in [-0.39, 0.29) is 11.8 Å². The molecule has 1 aromatic carbocycles. The van der Waals surface area contributed by atoms with Crippen molar-refractivity contribution in [2.75, 3.05) is 4.90 Å². The van der Waals surface area contributed by atoms with Gasteiger partial charge in [-0.15, -0.1) is 0 Å². The monoisotopic (exact) mass is 279 g/mol. The van der Waals surface area contributed by atoms with Crippen LogP contribution in [0.4, 0.5) is 5.69 Å². The number of benzene rings is 1. The van der Waals surface area contributed by atoms with Gasteiger partial charge >= 0.3 is 0 Å². The van der Waals surface area contributed by atoms with Crippen molar-refractivity contribution < 1.29 is 9.59 Å². The van der Waals surface area contributed by atoms with Gasteiger partial charge in [-0.3, -0.25) is 9.59 Å². The highest BCUT2D eigenvalue weighted by Crippen LogP contribution is 2.30. The normalized spacial score (nSPS) is 15.7. The molecule has 1 aromatic rings. The topological polar surface area (TPSA) is 37.4 Å². The van der Waals surface area contributed by atoms with Gasteiger partial charge < -0.3 is 0 Å². The van der Waals surface area contributed by atoms with Crippen molar-refractivity contribution in [3.63, 3.8) is 0 Å². The first-order valence-electron chi connectivity index (χ1n) is 4.83. The molecule has 0 saturated carbocycles. The lowest BCUT2D eigenvalue weighted by molar-refractivity contribution is -0.120. The Hall–Kier alpha value is -1.42. The van der Waals surface area contributed by atoms with Crippen LogP contribution in [0.1, 0.15) is 12.5 Å². The van der Waals surface area contributed by atoms with Gasteiger partial charge in [0.15, 0.2) is 0 Å². The van der Waals surface area contributed by atoms with E-state index >= 15 is 0 Å². The van der Waals surface area contributed by atoms with Crippen molar-refractivity contribution in [3.8, 4) is 0 Å². The van der Waals surface area contributed by atoms with E-state index < -0.39 is 0 Å². The predicted molar refractivity (Wildman–Crippen MR) is 65.1 cm³/mol. The zero-order chi connectivity index (χ0) is 11.9. The Balaban J connectivity index is 2.47. The summed E-state index contributed by atoms with van der Waals surface area (Å²) in [6, 6.07) is 5.51. The summed E-state index contributed by atoms with van der Waals surface area (Å²) in [5, 5.41) is 0. The van der Waals surface area contributed by atoms with Gasteiger partial charge in [0.05, 0.1) is 5.69 Å². The maximum Gasteiger partial charge on any atom is 0.261 e. The molecule has 0 unspecified atom stereocenters. The van der Waals surface area contributed by atoms with E-state index in [0.717, 1.165) is 10.0 Å². The number of anilines is 1. The van der Waals surface area contributed by atoms with Crippen LogP contribution in [0, 0.1) is 6.92 Å². The molecule has 1 aliphatic heterocycles. The van der Waals surface area contributed by atoms with E-state index in [0.29, 0.717) is 11.3 Å². The van der Waals surface area contributed by atoms with Crippen LogP contribution < -0.4 is 4.90 Å². The Kier molecular flexibility index (Phi) is 2.68. The fourth-order valence-electron chi connectivity index (χ4n) is 1.61. The smallest absolute Gasteiger partial charge is 0.261 e. The molecule has 0 aromatic heterocycles. The van der Waals surface area contributed by atoms with Gasteiger partial charge in [-0.05, 0) is 47.5 Å². The highest BCUT2D eigenvalue weighted by Gasteiger charge is 2.30. The third-order valence-electron chi connectivity index (χ3n) is 2.44. The molecular weight excluding hydrogens is 270 g/mol. The molecule has 0 fully saturated rings. The number of carbonyl (C=O) groups is 2. The van der Waals surface area contributed by atoms with Gasteiger partial charge in [-0.1, -0.05) is 6.07 Å². The van der Waals surface area contributed by atoms with E-state index in [1.54, 1.807) is 13.0 Å². The molecule has 0 bridgehead atoms. The van der Waals surface area contributed by atoms with Gasteiger partial charge in [-0.2, -0.15) is 0 Å². The third-order valence-corrected chi connectivity index (χ3v) is 3.08. The first kappa shape index (κ1) is 11.1. The molecule has 2 rings (SSSR count). The molecule has 16 heavy (non-hydrogen) atoms. The maximum absolute atomic E-state index is 11.8. The molecule has 1 aliphatic rings. The van der Waals surface area contributed by atoms with Gasteiger partial charge in [0.2, 0.25) is 0 Å². The molecular formula is C12H10BrNO2. The number of nitrogens with zero attached hydrogens (tertiary/aromatic N) is 1. The van der Waals surface area contributed by atoms with Crippen molar-refractivity contribution in [1.29, 1.82) is 0 Å². The minimum Gasteiger partial charge on any atom is -0.269 e. The molecule has 0 aliphatic carbocycles. The van der Waals surface area contributed by atoms with Crippen LogP contribution >= 0.6 is 15.9 Å². The number of carbonyl (C=O) groups excluding carboxylic acids is 2. The number of hydrogen-bond acceptors (Lipinski definition) is 2. The summed E-state index contributed by atoms with van der Waals surface area (Å²) in [4.78, 5) is 24.6. The minimum absolute atomic E-state index is 0.255. The van der Waals surface area contributed by atoms with E-state index in [1.807, 2.05) is 19.1 Å². The lowest BCUT2D eigenvalue weighted by Gasteiger charge is -2.16. The summed E-state index contributed by atoms with van der Waals surface area (Å²) in [5.74, 6) is -0.540. The molecule has 0 atom stereocenters. The lowest BCUT2D eigenvalue weighted by Crippen LogP contribution is -2.30. The molecule has 4 heteroatoms. The number of halogens is 1. The summed E-state index contributed by atoms with van der Waals surface area (Å²) in [5.41, 5.74) is 2.13. The Labute approximate surface area is 102 Å². The fraction of sp³-hybridized carbons (Fsp3) is 0.167. The van der Waals surface area contributed by atoms with Crippen molar-refractivity contribution in [2.24, 2.45) is 0 Å². The van der Waals surface area contributed by atoms with Crippen molar-refractivity contribution >= 4 is 33.4 Å². The van der Waals surface area contributed by atoms with Crippen molar-refractivity contribution in [2.45, 2.75) is 13.8 Å². The molecule has 0 radical (unpaired) electrons. The number of hydrogen-bond donors (Lipinski definition) is 0. The van der Waals surface area contributed by atoms with Crippen LogP contribution in [-0.4, -0.2) is 11.8 Å². The minimum atomic E-state index is -0.285. The molecule has 0 spiro atoms. The largest absolute Gasteiger partial charge is 0.269 e. The van der Waals surface area contributed by atoms with Crippen molar-refractivity contribution in [3.05, 3.63) is 39.9 Å². The van der Waals surface area contributed by atoms with E-state index in [2.05, 4.69) is 15.9 Å². The molecule has 1 heterocycles. The number of amides is 2. The van der Waals surface area contributed by atoms with Crippen LogP contribution in [0.3, 0.4) is 0 Å². The molecule has 82 valence electrons. The third kappa shape index (κ3) is 1.69. The van der Waals surface area contributed by atoms with Crippen LogP contribution in [0.5, 0.6) is 0 Å². The van der Waals surface area contributed by atoms with E-state index in [1.165, 1.54) is 11.0 Å². The van der Waals surface area contributed by atoms with Gasteiger partial charge in [-0.25, -0.2) is 4.90 Å². The summed E-state index contributed by atoms with van der Waals surface area (Å²) < 4.78 is 0.748. The van der Waals surface area contributed by atoms with E-state index in [4.69, 9.17) is 0 Å². The first-order valence-corrected chi connectivity index (χ1v) is 5.63. The number of imide groups is 1. The highest BCUT2D eigenvalue weighted by atomic mass is 79.9. The number of rotatable bonds is 1. The standard InChI is InChI=1S/C12H10BrNO2/c1-7-3-4-10(9(13)5-7)14-11(15)6-8(2)12(14)16/h3-6H,1-2H3. The number of aryl methyl sites for hydroxylation is 1. The summed E-state index contributed by atoms with van der Waals surface area (Å²) in [6.45, 7) is 3.59. The second-order valence-corrected chi connectivity index (χ2v) is 4.62. The Morgan fingerprint density at radius 2 is 1.88 bits per heavy atom. The molecule has 3 nitrogen and oxygen atoms in total. The predicted octanol–water partition coefficient (Wildman–Crippen LogP) is 2.58. The van der Waals surface area contributed by atoms with Gasteiger partial charge in [0, 0.05) is 16.1 Å². The first-order chi connectivity index (χ1) is 7.50. The second kappa shape index (κ2) is 3.87. The zero-order valence-electron chi connectivity index (χ0n) is 8.95. The molecule has 2 amide bonds. The highest BCUT2D eigenvalue weighted by molar-refractivity contribution is 9.10. The summed E-state index contributed by atoms with van der Waals surface area (Å²) >= 11 is 3.36. The van der Waals surface area contributed by atoms with Crippen LogP contribution in [0.2, 0.25) is 0 Å². The van der Waals surface area contributed by atoms with Crippen LogP contribution in [0.25, 0.3) is 0 Å². The van der Waals surface area contributed by atoms with E-state index in [9.17, 15) is 9.59 Å². The average molecular weight is 280 g/mol. The fourth-order valence-corrected chi connectivity index (χ4v) is 2.28. The Bertz CT molecular complexity index is 520.